The van der Waals surface area contributed by atoms with Gasteiger partial charge in [-0.15, -0.1) is 0 Å². The van der Waals surface area contributed by atoms with Crippen LogP contribution in [-0.2, 0) is 11.2 Å². The number of rotatable bonds is 4. The molecular formula is C15H22N2O. The summed E-state index contributed by atoms with van der Waals surface area (Å²) < 4.78 is 0. The molecule has 0 atom stereocenters. The van der Waals surface area contributed by atoms with Gasteiger partial charge >= 0.3 is 0 Å². The molecule has 0 radical (unpaired) electrons. The Bertz CT molecular complexity index is 371. The van der Waals surface area contributed by atoms with E-state index in [0.717, 1.165) is 31.5 Å². The highest BCUT2D eigenvalue weighted by Gasteiger charge is 2.23. The lowest BCUT2D eigenvalue weighted by molar-refractivity contribution is -0.135. The van der Waals surface area contributed by atoms with E-state index in [2.05, 4.69) is 4.98 Å². The normalized spacial score (nSPS) is 16.5. The molecule has 0 unspecified atom stereocenters. The SMILES string of the molecule is CN(CCc1ccccn1)C(=O)C1CCCCC1. The molecule has 0 aliphatic heterocycles. The highest BCUT2D eigenvalue weighted by Crippen LogP contribution is 2.25. The second-order valence-corrected chi connectivity index (χ2v) is 5.17. The molecule has 0 spiro atoms. The molecule has 1 fully saturated rings. The fourth-order valence-corrected chi connectivity index (χ4v) is 2.60. The number of pyridine rings is 1. The molecule has 0 N–H and O–H groups in total. The van der Waals surface area contributed by atoms with Crippen molar-refractivity contribution in [2.75, 3.05) is 13.6 Å². The van der Waals surface area contributed by atoms with Crippen LogP contribution in [0.15, 0.2) is 24.4 Å². The molecule has 1 amide bonds. The van der Waals surface area contributed by atoms with Crippen LogP contribution < -0.4 is 0 Å². The summed E-state index contributed by atoms with van der Waals surface area (Å²) in [5.41, 5.74) is 1.06. The first-order chi connectivity index (χ1) is 8.77. The van der Waals surface area contributed by atoms with Gasteiger partial charge in [-0.2, -0.15) is 0 Å². The first-order valence-electron chi connectivity index (χ1n) is 6.92. The average Bonchev–Trinajstić information content (AvgIpc) is 2.46. The smallest absolute Gasteiger partial charge is 0.225 e. The molecule has 1 aromatic rings. The van der Waals surface area contributed by atoms with Gasteiger partial charge in [-0.25, -0.2) is 0 Å². The second kappa shape index (κ2) is 6.53. The van der Waals surface area contributed by atoms with Gasteiger partial charge in [0.15, 0.2) is 0 Å². The van der Waals surface area contributed by atoms with E-state index in [-0.39, 0.29) is 5.92 Å². The third-order valence-electron chi connectivity index (χ3n) is 3.76. The van der Waals surface area contributed by atoms with Crippen molar-refractivity contribution in [3.63, 3.8) is 0 Å². The van der Waals surface area contributed by atoms with Crippen molar-refractivity contribution >= 4 is 5.91 Å². The lowest BCUT2D eigenvalue weighted by atomic mass is 9.88. The monoisotopic (exact) mass is 246 g/mol. The topological polar surface area (TPSA) is 33.2 Å². The predicted molar refractivity (Wildman–Crippen MR) is 72.2 cm³/mol. The van der Waals surface area contributed by atoms with Crippen molar-refractivity contribution in [2.24, 2.45) is 5.92 Å². The van der Waals surface area contributed by atoms with Crippen LogP contribution in [0, 0.1) is 5.92 Å². The van der Waals surface area contributed by atoms with Gasteiger partial charge < -0.3 is 4.90 Å². The van der Waals surface area contributed by atoms with Crippen LogP contribution in [0.25, 0.3) is 0 Å². The summed E-state index contributed by atoms with van der Waals surface area (Å²) in [5.74, 6) is 0.595. The average molecular weight is 246 g/mol. The Morgan fingerprint density at radius 2 is 2.11 bits per heavy atom. The molecule has 0 bridgehead atoms. The van der Waals surface area contributed by atoms with Gasteiger partial charge in [0.1, 0.15) is 0 Å². The molecule has 18 heavy (non-hydrogen) atoms. The zero-order valence-corrected chi connectivity index (χ0v) is 11.1. The van der Waals surface area contributed by atoms with E-state index in [1.165, 1.54) is 19.3 Å². The van der Waals surface area contributed by atoms with Crippen LogP contribution in [0.3, 0.4) is 0 Å². The summed E-state index contributed by atoms with van der Waals surface area (Å²) >= 11 is 0. The minimum absolute atomic E-state index is 0.271. The maximum absolute atomic E-state index is 12.2. The maximum Gasteiger partial charge on any atom is 0.225 e. The number of hydrogen-bond donors (Lipinski definition) is 0. The van der Waals surface area contributed by atoms with Crippen LogP contribution >= 0.6 is 0 Å². The number of likely N-dealkylation sites (N-methyl/N-ethyl adjacent to an activating group) is 1. The molecule has 3 nitrogen and oxygen atoms in total. The molecule has 1 aromatic heterocycles. The lowest BCUT2D eigenvalue weighted by Gasteiger charge is -2.26. The van der Waals surface area contributed by atoms with Gasteiger partial charge in [-0.1, -0.05) is 25.3 Å². The van der Waals surface area contributed by atoms with E-state index >= 15 is 0 Å². The largest absolute Gasteiger partial charge is 0.345 e. The summed E-state index contributed by atoms with van der Waals surface area (Å²) in [7, 11) is 1.92. The van der Waals surface area contributed by atoms with Crippen LogP contribution in [0.2, 0.25) is 0 Å². The van der Waals surface area contributed by atoms with Crippen molar-refractivity contribution in [1.82, 2.24) is 9.88 Å². The molecule has 1 saturated carbocycles. The first kappa shape index (κ1) is 13.1. The van der Waals surface area contributed by atoms with Gasteiger partial charge in [0.2, 0.25) is 5.91 Å². The van der Waals surface area contributed by atoms with E-state index in [1.54, 1.807) is 6.20 Å². The standard InChI is InChI=1S/C15H22N2O/c1-17(12-10-14-9-5-6-11-16-14)15(18)13-7-3-2-4-8-13/h5-6,9,11,13H,2-4,7-8,10,12H2,1H3. The van der Waals surface area contributed by atoms with Gasteiger partial charge in [0, 0.05) is 37.8 Å². The third-order valence-corrected chi connectivity index (χ3v) is 3.76. The van der Waals surface area contributed by atoms with Crippen LogP contribution in [0.4, 0.5) is 0 Å². The second-order valence-electron chi connectivity index (χ2n) is 5.17. The Hall–Kier alpha value is -1.38. The molecular weight excluding hydrogens is 224 g/mol. The fraction of sp³-hybridized carbons (Fsp3) is 0.600. The molecule has 98 valence electrons. The molecule has 0 aromatic carbocycles. The Labute approximate surface area is 109 Å². The van der Waals surface area contributed by atoms with E-state index in [4.69, 9.17) is 0 Å². The summed E-state index contributed by atoms with van der Waals surface area (Å²) in [6.07, 6.45) is 8.52. The van der Waals surface area contributed by atoms with Crippen molar-refractivity contribution < 1.29 is 4.79 Å². The summed E-state index contributed by atoms with van der Waals surface area (Å²) in [4.78, 5) is 18.4. The lowest BCUT2D eigenvalue weighted by Crippen LogP contribution is -2.35. The molecule has 3 heteroatoms. The van der Waals surface area contributed by atoms with Gasteiger partial charge in [0.05, 0.1) is 0 Å². The number of aromatic nitrogens is 1. The van der Waals surface area contributed by atoms with Crippen molar-refractivity contribution in [1.29, 1.82) is 0 Å². The zero-order valence-electron chi connectivity index (χ0n) is 11.1. The highest BCUT2D eigenvalue weighted by molar-refractivity contribution is 5.78. The summed E-state index contributed by atoms with van der Waals surface area (Å²) in [5, 5.41) is 0. The Morgan fingerprint density at radius 1 is 1.33 bits per heavy atom. The minimum atomic E-state index is 0.271. The fourth-order valence-electron chi connectivity index (χ4n) is 2.60. The summed E-state index contributed by atoms with van der Waals surface area (Å²) in [6.45, 7) is 0.770. The van der Waals surface area contributed by atoms with E-state index in [9.17, 15) is 4.79 Å². The number of amides is 1. The van der Waals surface area contributed by atoms with E-state index < -0.39 is 0 Å². The van der Waals surface area contributed by atoms with Crippen molar-refractivity contribution in [2.45, 2.75) is 38.5 Å². The number of carbonyl (C=O) groups is 1. The van der Waals surface area contributed by atoms with Crippen molar-refractivity contribution in [3.8, 4) is 0 Å². The van der Waals surface area contributed by atoms with Crippen LogP contribution in [0.1, 0.15) is 37.8 Å². The Kier molecular flexibility index (Phi) is 4.73. The Balaban J connectivity index is 1.80. The van der Waals surface area contributed by atoms with Gasteiger partial charge in [0.25, 0.3) is 0 Å². The maximum atomic E-state index is 12.2. The van der Waals surface area contributed by atoms with Crippen LogP contribution in [0.5, 0.6) is 0 Å². The molecule has 2 rings (SSSR count). The Morgan fingerprint density at radius 3 is 2.78 bits per heavy atom. The van der Waals surface area contributed by atoms with Gasteiger partial charge in [-0.05, 0) is 25.0 Å². The molecule has 1 aliphatic carbocycles. The highest BCUT2D eigenvalue weighted by atomic mass is 16.2. The minimum Gasteiger partial charge on any atom is -0.345 e. The van der Waals surface area contributed by atoms with Crippen molar-refractivity contribution in [3.05, 3.63) is 30.1 Å². The number of nitrogens with zero attached hydrogens (tertiary/aromatic N) is 2. The summed E-state index contributed by atoms with van der Waals surface area (Å²) in [6, 6.07) is 5.92. The van der Waals surface area contributed by atoms with E-state index in [1.807, 2.05) is 30.1 Å². The quantitative estimate of drug-likeness (QED) is 0.818. The number of carbonyl (C=O) groups excluding carboxylic acids is 1. The predicted octanol–water partition coefficient (Wildman–Crippen LogP) is 2.66. The van der Waals surface area contributed by atoms with Crippen LogP contribution in [-0.4, -0.2) is 29.4 Å². The zero-order chi connectivity index (χ0) is 12.8. The molecule has 0 saturated heterocycles. The molecule has 1 aliphatic rings. The first-order valence-corrected chi connectivity index (χ1v) is 6.92. The van der Waals surface area contributed by atoms with E-state index in [0.29, 0.717) is 5.91 Å². The third kappa shape index (κ3) is 3.56. The number of hydrogen-bond acceptors (Lipinski definition) is 2. The van der Waals surface area contributed by atoms with Gasteiger partial charge in [-0.3, -0.25) is 9.78 Å². The molecule has 1 heterocycles.